The molecule has 1 heterocycles. The maximum absolute atomic E-state index is 11.6. The average Bonchev–Trinajstić information content (AvgIpc) is 2.92. The predicted octanol–water partition coefficient (Wildman–Crippen LogP) is 2.87. The lowest BCUT2D eigenvalue weighted by Crippen LogP contribution is -2.16. The van der Waals surface area contributed by atoms with Crippen LogP contribution in [0.3, 0.4) is 0 Å². The van der Waals surface area contributed by atoms with Crippen LogP contribution in [0.4, 0.5) is 5.69 Å². The van der Waals surface area contributed by atoms with Gasteiger partial charge in [0.1, 0.15) is 0 Å². The largest absolute Gasteiger partial charge is 0.459 e. The van der Waals surface area contributed by atoms with E-state index in [-0.39, 0.29) is 11.7 Å². The maximum atomic E-state index is 11.6. The Morgan fingerprint density at radius 1 is 1.40 bits per heavy atom. The van der Waals surface area contributed by atoms with Crippen LogP contribution in [-0.2, 0) is 0 Å². The van der Waals surface area contributed by atoms with E-state index in [0.717, 1.165) is 15.7 Å². The van der Waals surface area contributed by atoms with Gasteiger partial charge in [0.25, 0.3) is 0 Å². The van der Waals surface area contributed by atoms with Crippen molar-refractivity contribution in [3.63, 3.8) is 0 Å². The molecule has 2 aromatic rings. The number of hydrogen-bond donors (Lipinski definition) is 1. The highest BCUT2D eigenvalue weighted by Crippen LogP contribution is 2.25. The molecule has 0 saturated carbocycles. The van der Waals surface area contributed by atoms with Gasteiger partial charge in [0.2, 0.25) is 0 Å². The Morgan fingerprint density at radius 2 is 2.20 bits per heavy atom. The zero-order chi connectivity index (χ0) is 14.5. The average molecular weight is 336 g/mol. The van der Waals surface area contributed by atoms with Crippen molar-refractivity contribution in [2.75, 3.05) is 19.0 Å². The number of carbonyl (C=O) groups is 1. The first-order valence-electron chi connectivity index (χ1n) is 5.91. The highest BCUT2D eigenvalue weighted by Gasteiger charge is 2.06. The number of rotatable bonds is 4. The van der Waals surface area contributed by atoms with Crippen molar-refractivity contribution in [3.05, 3.63) is 52.4 Å². The number of nitrogens with one attached hydrogen (secondary N) is 1. The van der Waals surface area contributed by atoms with Gasteiger partial charge in [0.15, 0.2) is 5.76 Å². The first-order valence-corrected chi connectivity index (χ1v) is 6.71. The third kappa shape index (κ3) is 3.48. The van der Waals surface area contributed by atoms with Gasteiger partial charge in [-0.1, -0.05) is 6.07 Å². The van der Waals surface area contributed by atoms with Crippen molar-refractivity contribution in [1.82, 2.24) is 5.43 Å². The van der Waals surface area contributed by atoms with Crippen LogP contribution in [0, 0.1) is 0 Å². The number of benzene rings is 1. The van der Waals surface area contributed by atoms with Crippen molar-refractivity contribution in [2.45, 2.75) is 0 Å². The number of hydrogen-bond acceptors (Lipinski definition) is 4. The van der Waals surface area contributed by atoms with Crippen LogP contribution in [0.2, 0.25) is 0 Å². The minimum Gasteiger partial charge on any atom is -0.459 e. The molecule has 1 amide bonds. The van der Waals surface area contributed by atoms with Gasteiger partial charge < -0.3 is 9.32 Å². The van der Waals surface area contributed by atoms with Crippen LogP contribution in [-0.4, -0.2) is 26.2 Å². The fourth-order valence-electron chi connectivity index (χ4n) is 1.59. The van der Waals surface area contributed by atoms with Crippen molar-refractivity contribution in [3.8, 4) is 0 Å². The molecule has 1 aromatic heterocycles. The van der Waals surface area contributed by atoms with Crippen molar-refractivity contribution in [1.29, 1.82) is 0 Å². The number of hydrazone groups is 1. The van der Waals surface area contributed by atoms with Crippen LogP contribution < -0.4 is 10.3 Å². The molecule has 0 unspecified atom stereocenters. The summed E-state index contributed by atoms with van der Waals surface area (Å²) >= 11 is 3.49. The normalized spacial score (nSPS) is 10.8. The molecule has 0 spiro atoms. The zero-order valence-electron chi connectivity index (χ0n) is 11.1. The summed E-state index contributed by atoms with van der Waals surface area (Å²) in [5.74, 6) is -0.151. The minimum atomic E-state index is -0.379. The molecule has 0 atom stereocenters. The van der Waals surface area contributed by atoms with Crippen LogP contribution in [0.5, 0.6) is 0 Å². The van der Waals surface area contributed by atoms with Gasteiger partial charge in [0, 0.05) is 18.6 Å². The van der Waals surface area contributed by atoms with E-state index >= 15 is 0 Å². The Bertz CT molecular complexity index is 621. The van der Waals surface area contributed by atoms with E-state index in [1.807, 2.05) is 37.2 Å². The second-order valence-electron chi connectivity index (χ2n) is 4.28. The molecule has 2 rings (SSSR count). The van der Waals surface area contributed by atoms with E-state index < -0.39 is 0 Å². The van der Waals surface area contributed by atoms with Gasteiger partial charge in [-0.3, -0.25) is 4.79 Å². The minimum absolute atomic E-state index is 0.228. The number of halogens is 1. The molecule has 1 aromatic carbocycles. The Morgan fingerprint density at radius 3 is 2.80 bits per heavy atom. The zero-order valence-corrected chi connectivity index (χ0v) is 12.7. The number of carbonyl (C=O) groups excluding carboxylic acids is 1. The second-order valence-corrected chi connectivity index (χ2v) is 5.14. The fourth-order valence-corrected chi connectivity index (χ4v) is 2.35. The van der Waals surface area contributed by atoms with Crippen molar-refractivity contribution < 1.29 is 9.21 Å². The summed E-state index contributed by atoms with van der Waals surface area (Å²) < 4.78 is 5.92. The summed E-state index contributed by atoms with van der Waals surface area (Å²) in [4.78, 5) is 13.6. The summed E-state index contributed by atoms with van der Waals surface area (Å²) in [6, 6.07) is 9.04. The molecule has 0 bridgehead atoms. The number of furan rings is 1. The second kappa shape index (κ2) is 6.38. The smallest absolute Gasteiger partial charge is 0.307 e. The molecule has 20 heavy (non-hydrogen) atoms. The molecule has 6 heteroatoms. The molecule has 0 aliphatic heterocycles. The van der Waals surface area contributed by atoms with Crippen LogP contribution in [0.1, 0.15) is 16.1 Å². The van der Waals surface area contributed by atoms with E-state index in [9.17, 15) is 4.79 Å². The van der Waals surface area contributed by atoms with E-state index in [2.05, 4.69) is 26.5 Å². The summed E-state index contributed by atoms with van der Waals surface area (Å²) in [7, 11) is 3.94. The van der Waals surface area contributed by atoms with Crippen LogP contribution in [0.15, 0.2) is 50.6 Å². The first-order chi connectivity index (χ1) is 9.58. The fraction of sp³-hybridized carbons (Fsp3) is 0.143. The summed E-state index contributed by atoms with van der Waals surface area (Å²) in [5.41, 5.74) is 4.35. The first kappa shape index (κ1) is 14.3. The van der Waals surface area contributed by atoms with Gasteiger partial charge in [-0.05, 0) is 45.8 Å². The Hall–Kier alpha value is -2.08. The topological polar surface area (TPSA) is 57.8 Å². The third-order valence-electron chi connectivity index (χ3n) is 2.58. The van der Waals surface area contributed by atoms with Gasteiger partial charge in [-0.15, -0.1) is 0 Å². The lowest BCUT2D eigenvalue weighted by molar-refractivity contribution is 0.0927. The van der Waals surface area contributed by atoms with Crippen LogP contribution in [0.25, 0.3) is 0 Å². The van der Waals surface area contributed by atoms with Crippen molar-refractivity contribution in [2.24, 2.45) is 5.10 Å². The molecule has 1 N–H and O–H groups in total. The quantitative estimate of drug-likeness (QED) is 0.690. The number of nitrogens with zero attached hydrogens (tertiary/aromatic N) is 2. The maximum Gasteiger partial charge on any atom is 0.307 e. The number of anilines is 1. The highest BCUT2D eigenvalue weighted by molar-refractivity contribution is 9.10. The predicted molar refractivity (Wildman–Crippen MR) is 82.2 cm³/mol. The van der Waals surface area contributed by atoms with Gasteiger partial charge >= 0.3 is 5.91 Å². The molecule has 0 saturated heterocycles. The summed E-state index contributed by atoms with van der Waals surface area (Å²) in [5, 5.41) is 3.89. The van der Waals surface area contributed by atoms with Gasteiger partial charge in [-0.25, -0.2) is 5.43 Å². The lowest BCUT2D eigenvalue weighted by Gasteiger charge is -2.14. The van der Waals surface area contributed by atoms with Gasteiger partial charge in [0.05, 0.1) is 18.2 Å². The third-order valence-corrected chi connectivity index (χ3v) is 3.21. The molecule has 104 valence electrons. The van der Waals surface area contributed by atoms with E-state index in [0.29, 0.717) is 0 Å². The van der Waals surface area contributed by atoms with Crippen LogP contribution >= 0.6 is 15.9 Å². The molecule has 0 radical (unpaired) electrons. The standard InChI is InChI=1S/C14H14BrN3O2/c1-18(2)12-6-5-10(8-11(12)15)9-16-17-14(19)13-4-3-7-20-13/h3-9H,1-2H3,(H,17,19)/b16-9-. The Kier molecular flexibility index (Phi) is 4.57. The van der Waals surface area contributed by atoms with E-state index in [4.69, 9.17) is 4.42 Å². The summed E-state index contributed by atoms with van der Waals surface area (Å²) in [6.07, 6.45) is 3.01. The molecular formula is C14H14BrN3O2. The molecule has 5 nitrogen and oxygen atoms in total. The number of amides is 1. The monoisotopic (exact) mass is 335 g/mol. The highest BCUT2D eigenvalue weighted by atomic mass is 79.9. The molecular weight excluding hydrogens is 322 g/mol. The molecule has 0 fully saturated rings. The summed E-state index contributed by atoms with van der Waals surface area (Å²) in [6.45, 7) is 0. The Balaban J connectivity index is 2.01. The van der Waals surface area contributed by atoms with Crippen molar-refractivity contribution >= 4 is 33.7 Å². The lowest BCUT2D eigenvalue weighted by atomic mass is 10.2. The molecule has 0 aliphatic carbocycles. The Labute approximate surface area is 125 Å². The SMILES string of the molecule is CN(C)c1ccc(/C=N\NC(=O)c2ccco2)cc1Br. The van der Waals surface area contributed by atoms with Gasteiger partial charge in [-0.2, -0.15) is 5.10 Å². The van der Waals surface area contributed by atoms with E-state index in [1.165, 1.54) is 6.26 Å². The molecule has 0 aliphatic rings. The van der Waals surface area contributed by atoms with E-state index in [1.54, 1.807) is 18.3 Å².